The first-order chi connectivity index (χ1) is 12.5. The van der Waals surface area contributed by atoms with E-state index in [9.17, 15) is 19.3 Å². The number of nitro groups is 1. The summed E-state index contributed by atoms with van der Waals surface area (Å²) in [5, 5.41) is 13.6. The number of amides is 1. The summed E-state index contributed by atoms with van der Waals surface area (Å²) >= 11 is 0. The molecule has 3 rings (SSSR count). The Balaban J connectivity index is 1.95. The second-order valence-electron chi connectivity index (χ2n) is 6.00. The Bertz CT molecular complexity index is 850. The monoisotopic (exact) mass is 359 g/mol. The normalized spacial score (nSPS) is 14.2. The number of rotatable bonds is 4. The van der Waals surface area contributed by atoms with Crippen molar-refractivity contribution in [3.05, 3.63) is 63.5 Å². The van der Waals surface area contributed by atoms with Crippen LogP contribution in [0.25, 0.3) is 0 Å². The number of non-ortho nitro benzene ring substituents is 1. The molecular formula is C18H18FN3O4. The van der Waals surface area contributed by atoms with Crippen LogP contribution in [0.2, 0.25) is 0 Å². The molecule has 136 valence electrons. The van der Waals surface area contributed by atoms with Crippen molar-refractivity contribution in [2.45, 2.75) is 6.92 Å². The molecule has 1 heterocycles. The van der Waals surface area contributed by atoms with E-state index in [1.807, 2.05) is 4.90 Å². The maximum atomic E-state index is 14.0. The molecule has 0 spiro atoms. The van der Waals surface area contributed by atoms with E-state index in [1.165, 1.54) is 24.3 Å². The molecule has 7 nitrogen and oxygen atoms in total. The zero-order valence-corrected chi connectivity index (χ0v) is 14.2. The van der Waals surface area contributed by atoms with Crippen LogP contribution in [0.3, 0.4) is 0 Å². The van der Waals surface area contributed by atoms with E-state index < -0.39 is 16.6 Å². The second-order valence-corrected chi connectivity index (χ2v) is 6.00. The molecule has 0 aliphatic carbocycles. The van der Waals surface area contributed by atoms with E-state index in [0.29, 0.717) is 32.0 Å². The molecule has 0 saturated carbocycles. The van der Waals surface area contributed by atoms with Gasteiger partial charge >= 0.3 is 0 Å². The molecule has 26 heavy (non-hydrogen) atoms. The zero-order chi connectivity index (χ0) is 18.7. The van der Waals surface area contributed by atoms with Crippen molar-refractivity contribution in [3.8, 4) is 0 Å². The van der Waals surface area contributed by atoms with E-state index in [2.05, 4.69) is 5.32 Å². The van der Waals surface area contributed by atoms with E-state index in [-0.39, 0.29) is 16.9 Å². The highest BCUT2D eigenvalue weighted by molar-refractivity contribution is 6.08. The third-order valence-electron chi connectivity index (χ3n) is 4.16. The third-order valence-corrected chi connectivity index (χ3v) is 4.16. The molecule has 0 aromatic heterocycles. The van der Waals surface area contributed by atoms with Gasteiger partial charge in [0.1, 0.15) is 5.82 Å². The second kappa shape index (κ2) is 7.49. The van der Waals surface area contributed by atoms with E-state index in [0.717, 1.165) is 5.56 Å². The number of halogens is 1. The van der Waals surface area contributed by atoms with E-state index in [1.54, 1.807) is 19.1 Å². The van der Waals surface area contributed by atoms with Crippen LogP contribution in [0.15, 0.2) is 36.4 Å². The van der Waals surface area contributed by atoms with Crippen LogP contribution < -0.4 is 10.2 Å². The average molecular weight is 359 g/mol. The fraction of sp³-hybridized carbons (Fsp3) is 0.278. The lowest BCUT2D eigenvalue weighted by Crippen LogP contribution is -2.37. The first-order valence-corrected chi connectivity index (χ1v) is 8.14. The Morgan fingerprint density at radius 2 is 1.96 bits per heavy atom. The number of benzene rings is 2. The molecule has 1 amide bonds. The van der Waals surface area contributed by atoms with Gasteiger partial charge in [-0.2, -0.15) is 0 Å². The van der Waals surface area contributed by atoms with Crippen LogP contribution in [0.1, 0.15) is 15.9 Å². The van der Waals surface area contributed by atoms with Gasteiger partial charge in [0.25, 0.3) is 11.6 Å². The van der Waals surface area contributed by atoms with Gasteiger partial charge in [-0.3, -0.25) is 14.9 Å². The third kappa shape index (κ3) is 3.80. The summed E-state index contributed by atoms with van der Waals surface area (Å²) in [6, 6.07) is 8.57. The van der Waals surface area contributed by atoms with Gasteiger partial charge in [0.15, 0.2) is 0 Å². The lowest BCUT2D eigenvalue weighted by molar-refractivity contribution is -0.384. The lowest BCUT2D eigenvalue weighted by atomic mass is 10.1. The van der Waals surface area contributed by atoms with Crippen LogP contribution in [0.5, 0.6) is 0 Å². The molecule has 8 heteroatoms. The van der Waals surface area contributed by atoms with E-state index in [4.69, 9.17) is 4.74 Å². The van der Waals surface area contributed by atoms with Crippen molar-refractivity contribution in [1.29, 1.82) is 0 Å². The fourth-order valence-electron chi connectivity index (χ4n) is 2.81. The first kappa shape index (κ1) is 17.8. The van der Waals surface area contributed by atoms with Gasteiger partial charge in [0.2, 0.25) is 0 Å². The Morgan fingerprint density at radius 1 is 1.23 bits per heavy atom. The maximum absolute atomic E-state index is 14.0. The molecule has 2 aromatic rings. The van der Waals surface area contributed by atoms with Crippen molar-refractivity contribution in [3.63, 3.8) is 0 Å². The summed E-state index contributed by atoms with van der Waals surface area (Å²) in [7, 11) is 0. The Kier molecular flexibility index (Phi) is 5.13. The highest BCUT2D eigenvalue weighted by atomic mass is 19.1. The molecular weight excluding hydrogens is 341 g/mol. The summed E-state index contributed by atoms with van der Waals surface area (Å²) in [5.41, 5.74) is 1.24. The summed E-state index contributed by atoms with van der Waals surface area (Å²) in [6.45, 7) is 3.88. The number of hydrogen-bond acceptors (Lipinski definition) is 5. The number of ether oxygens (including phenoxy) is 1. The van der Waals surface area contributed by atoms with Gasteiger partial charge in [-0.1, -0.05) is 6.07 Å². The number of carbonyl (C=O) groups excluding carboxylic acids is 1. The standard InChI is InChI=1S/C18H18FN3O4/c1-12-2-4-16(15(19)10-12)20-18(23)14-11-13(22(24)25)3-5-17(14)21-6-8-26-9-7-21/h2-5,10-11H,6-9H2,1H3,(H,20,23). The number of nitrogens with zero attached hydrogens (tertiary/aromatic N) is 2. The lowest BCUT2D eigenvalue weighted by Gasteiger charge is -2.30. The fourth-order valence-corrected chi connectivity index (χ4v) is 2.81. The van der Waals surface area contributed by atoms with E-state index >= 15 is 0 Å². The summed E-state index contributed by atoms with van der Waals surface area (Å²) < 4.78 is 19.3. The molecule has 0 radical (unpaired) electrons. The van der Waals surface area contributed by atoms with Crippen molar-refractivity contribution in [2.24, 2.45) is 0 Å². The Labute approximate surface area is 149 Å². The molecule has 1 aliphatic heterocycles. The molecule has 0 bridgehead atoms. The van der Waals surface area contributed by atoms with Crippen LogP contribution >= 0.6 is 0 Å². The maximum Gasteiger partial charge on any atom is 0.270 e. The minimum Gasteiger partial charge on any atom is -0.378 e. The molecule has 1 fully saturated rings. The van der Waals surface area contributed by atoms with Crippen molar-refractivity contribution < 1.29 is 18.8 Å². The molecule has 1 saturated heterocycles. The van der Waals surface area contributed by atoms with Gasteiger partial charge in [-0.25, -0.2) is 4.39 Å². The minimum atomic E-state index is -0.599. The van der Waals surface area contributed by atoms with Gasteiger partial charge < -0.3 is 15.0 Å². The van der Waals surface area contributed by atoms with Crippen molar-refractivity contribution in [2.75, 3.05) is 36.5 Å². The molecule has 1 aliphatic rings. The number of nitrogens with one attached hydrogen (secondary N) is 1. The topological polar surface area (TPSA) is 84.7 Å². The van der Waals surface area contributed by atoms with Crippen LogP contribution in [0, 0.1) is 22.9 Å². The number of morpholine rings is 1. The van der Waals surface area contributed by atoms with Gasteiger partial charge in [0, 0.05) is 25.2 Å². The van der Waals surface area contributed by atoms with Crippen LogP contribution in [-0.4, -0.2) is 37.1 Å². The summed E-state index contributed by atoms with van der Waals surface area (Å²) in [6.07, 6.45) is 0. The van der Waals surface area contributed by atoms with Gasteiger partial charge in [-0.05, 0) is 30.7 Å². The van der Waals surface area contributed by atoms with Crippen LogP contribution in [-0.2, 0) is 4.74 Å². The number of aryl methyl sites for hydroxylation is 1. The minimum absolute atomic E-state index is 0.0278. The molecule has 0 atom stereocenters. The quantitative estimate of drug-likeness (QED) is 0.670. The Hall–Kier alpha value is -3.00. The predicted molar refractivity (Wildman–Crippen MR) is 95.2 cm³/mol. The van der Waals surface area contributed by atoms with Gasteiger partial charge in [0.05, 0.1) is 35.1 Å². The number of carbonyl (C=O) groups is 1. The smallest absolute Gasteiger partial charge is 0.270 e. The summed E-state index contributed by atoms with van der Waals surface area (Å²) in [4.78, 5) is 25.2. The number of hydrogen-bond donors (Lipinski definition) is 1. The molecule has 0 unspecified atom stereocenters. The van der Waals surface area contributed by atoms with Crippen molar-refractivity contribution >= 4 is 23.0 Å². The molecule has 2 aromatic carbocycles. The highest BCUT2D eigenvalue weighted by Gasteiger charge is 2.22. The zero-order valence-electron chi connectivity index (χ0n) is 14.2. The Morgan fingerprint density at radius 3 is 2.62 bits per heavy atom. The number of anilines is 2. The largest absolute Gasteiger partial charge is 0.378 e. The first-order valence-electron chi connectivity index (χ1n) is 8.14. The van der Waals surface area contributed by atoms with Crippen LogP contribution in [0.4, 0.5) is 21.5 Å². The SMILES string of the molecule is Cc1ccc(NC(=O)c2cc([N+](=O)[O-])ccc2N2CCOCC2)c(F)c1. The van der Waals surface area contributed by atoms with Gasteiger partial charge in [-0.15, -0.1) is 0 Å². The van der Waals surface area contributed by atoms with Crippen molar-refractivity contribution in [1.82, 2.24) is 0 Å². The average Bonchev–Trinajstić information content (AvgIpc) is 2.64. The predicted octanol–water partition coefficient (Wildman–Crippen LogP) is 3.13. The highest BCUT2D eigenvalue weighted by Crippen LogP contribution is 2.28. The number of nitro benzene ring substituents is 1. The molecule has 1 N–H and O–H groups in total. The summed E-state index contributed by atoms with van der Waals surface area (Å²) in [5.74, 6) is -1.16.